The van der Waals surface area contributed by atoms with Crippen molar-refractivity contribution in [3.8, 4) is 5.69 Å². The van der Waals surface area contributed by atoms with Crippen LogP contribution in [-0.4, -0.2) is 73.3 Å². The second-order valence-corrected chi connectivity index (χ2v) is 9.89. The van der Waals surface area contributed by atoms with E-state index >= 15 is 0 Å². The van der Waals surface area contributed by atoms with Crippen LogP contribution in [0, 0.1) is 12.3 Å². The molecule has 1 saturated heterocycles. The summed E-state index contributed by atoms with van der Waals surface area (Å²) in [6.45, 7) is 6.97. The third-order valence-corrected chi connectivity index (χ3v) is 7.13. The van der Waals surface area contributed by atoms with Crippen molar-refractivity contribution in [2.75, 3.05) is 26.2 Å². The Balaban J connectivity index is 1.18. The van der Waals surface area contributed by atoms with E-state index in [1.54, 1.807) is 24.4 Å². The van der Waals surface area contributed by atoms with Gasteiger partial charge in [0.05, 0.1) is 23.6 Å². The van der Waals surface area contributed by atoms with Crippen LogP contribution in [0.25, 0.3) is 5.69 Å². The maximum Gasteiger partial charge on any atom is 0.338 e. The molecular weight excluding hydrogens is 462 g/mol. The van der Waals surface area contributed by atoms with Crippen molar-refractivity contribution in [1.82, 2.24) is 35.4 Å². The molecule has 2 aliphatic heterocycles. The van der Waals surface area contributed by atoms with E-state index in [1.807, 2.05) is 13.0 Å². The number of piperidine rings is 1. The summed E-state index contributed by atoms with van der Waals surface area (Å²) in [4.78, 5) is 31.0. The normalized spacial score (nSPS) is 20.6. The number of likely N-dealkylation sites (tertiary alicyclic amines) is 1. The van der Waals surface area contributed by atoms with Gasteiger partial charge in [0, 0.05) is 25.2 Å². The number of β-amino-alcohol motifs (C(OH)–C–C–N with tert-alkyl or cyclic N) is 1. The van der Waals surface area contributed by atoms with E-state index in [9.17, 15) is 14.7 Å². The van der Waals surface area contributed by atoms with Crippen molar-refractivity contribution in [2.45, 2.75) is 39.4 Å². The highest BCUT2D eigenvalue weighted by Crippen LogP contribution is 2.32. The van der Waals surface area contributed by atoms with Crippen molar-refractivity contribution >= 4 is 11.9 Å². The van der Waals surface area contributed by atoms with Crippen LogP contribution in [0.2, 0.25) is 0 Å². The van der Waals surface area contributed by atoms with Crippen molar-refractivity contribution in [2.24, 2.45) is 5.41 Å². The number of esters is 1. The molecule has 1 unspecified atom stereocenters. The van der Waals surface area contributed by atoms with Crippen LogP contribution in [0.1, 0.15) is 63.4 Å². The van der Waals surface area contributed by atoms with Crippen LogP contribution in [-0.2, 0) is 11.3 Å². The summed E-state index contributed by atoms with van der Waals surface area (Å²) in [5.74, 6) is -0.538. The highest BCUT2D eigenvalue weighted by atomic mass is 16.5. The number of ether oxygens (including phenoxy) is 1. The second kappa shape index (κ2) is 9.75. The van der Waals surface area contributed by atoms with E-state index in [0.29, 0.717) is 30.0 Å². The van der Waals surface area contributed by atoms with Crippen LogP contribution >= 0.6 is 0 Å². The Bertz CT molecular complexity index is 1260. The molecule has 2 atom stereocenters. The van der Waals surface area contributed by atoms with Crippen molar-refractivity contribution in [1.29, 1.82) is 0 Å². The first-order valence-electron chi connectivity index (χ1n) is 12.0. The Morgan fingerprint density at radius 3 is 2.92 bits per heavy atom. The molecule has 2 aromatic heterocycles. The lowest BCUT2D eigenvalue weighted by Gasteiger charge is -2.41. The van der Waals surface area contributed by atoms with Gasteiger partial charge in [-0.2, -0.15) is 4.68 Å². The molecule has 0 aliphatic carbocycles. The zero-order valence-corrected chi connectivity index (χ0v) is 20.3. The zero-order chi connectivity index (χ0) is 25.3. The van der Waals surface area contributed by atoms with E-state index in [-0.39, 0.29) is 23.9 Å². The minimum absolute atomic E-state index is 0.132. The van der Waals surface area contributed by atoms with Gasteiger partial charge in [-0.15, -0.1) is 5.10 Å². The average molecular weight is 492 g/mol. The fourth-order valence-corrected chi connectivity index (χ4v) is 5.12. The SMILES string of the molecule is Cc1c([C@@H](O)CN2CCCC(C)(CNC(=O)c3ccc(-n4cnnn4)cn3)C2)ccc2c1COC2=O. The lowest BCUT2D eigenvalue weighted by molar-refractivity contribution is 0.0502. The van der Waals surface area contributed by atoms with Crippen LogP contribution in [0.15, 0.2) is 36.8 Å². The number of nitrogens with zero attached hydrogens (tertiary/aromatic N) is 6. The van der Waals surface area contributed by atoms with Crippen molar-refractivity contribution in [3.05, 3.63) is 64.7 Å². The number of carbonyl (C=O) groups excluding carboxylic acids is 2. The molecule has 4 heterocycles. The topological polar surface area (TPSA) is 135 Å². The molecule has 1 aromatic carbocycles. The van der Waals surface area contributed by atoms with Gasteiger partial charge in [0.2, 0.25) is 0 Å². The molecule has 0 bridgehead atoms. The number of rotatable bonds is 7. The number of nitrogens with one attached hydrogen (secondary N) is 1. The standard InChI is InChI=1S/C25H29N7O4/c1-16-18(5-6-19-20(16)12-36-24(19)35)22(33)11-31-9-3-8-25(2,14-31)13-27-23(34)21-7-4-17(10-26-21)32-15-28-29-30-32/h4-7,10,15,22,33H,3,8-9,11-14H2,1-2H3,(H,27,34)/t22-,25?/m0/s1. The Hall–Kier alpha value is -3.70. The summed E-state index contributed by atoms with van der Waals surface area (Å²) in [5.41, 5.74) is 4.05. The summed E-state index contributed by atoms with van der Waals surface area (Å²) in [7, 11) is 0. The van der Waals surface area contributed by atoms with Gasteiger partial charge in [-0.3, -0.25) is 9.69 Å². The summed E-state index contributed by atoms with van der Waals surface area (Å²) in [5, 5.41) is 25.0. The van der Waals surface area contributed by atoms with E-state index in [0.717, 1.165) is 42.6 Å². The van der Waals surface area contributed by atoms with Gasteiger partial charge >= 0.3 is 5.97 Å². The minimum atomic E-state index is -0.675. The molecule has 0 radical (unpaired) electrons. The van der Waals surface area contributed by atoms with Crippen LogP contribution in [0.4, 0.5) is 0 Å². The van der Waals surface area contributed by atoms with Gasteiger partial charge in [-0.05, 0) is 71.5 Å². The molecule has 2 N–H and O–H groups in total. The maximum atomic E-state index is 12.7. The van der Waals surface area contributed by atoms with Crippen LogP contribution in [0.3, 0.4) is 0 Å². The largest absolute Gasteiger partial charge is 0.457 e. The first kappa shape index (κ1) is 24.0. The Morgan fingerprint density at radius 2 is 2.17 bits per heavy atom. The van der Waals surface area contributed by atoms with Gasteiger partial charge < -0.3 is 15.2 Å². The Kier molecular flexibility index (Phi) is 6.50. The number of aliphatic hydroxyl groups excluding tert-OH is 1. The number of hydrogen-bond acceptors (Lipinski definition) is 9. The number of pyridine rings is 1. The highest BCUT2D eigenvalue weighted by Gasteiger charge is 2.33. The number of aromatic nitrogens is 5. The number of carbonyl (C=O) groups is 2. The van der Waals surface area contributed by atoms with Gasteiger partial charge in [0.15, 0.2) is 0 Å². The number of benzene rings is 1. The van der Waals surface area contributed by atoms with Gasteiger partial charge in [0.25, 0.3) is 5.91 Å². The molecule has 3 aromatic rings. The average Bonchev–Trinajstić information content (AvgIpc) is 3.54. The lowest BCUT2D eigenvalue weighted by Crippen LogP contribution is -2.48. The minimum Gasteiger partial charge on any atom is -0.457 e. The Morgan fingerprint density at radius 1 is 1.31 bits per heavy atom. The quantitative estimate of drug-likeness (QED) is 0.472. The molecule has 11 heteroatoms. The predicted octanol–water partition coefficient (Wildman–Crippen LogP) is 1.60. The fraction of sp³-hybridized carbons (Fsp3) is 0.440. The monoisotopic (exact) mass is 491 g/mol. The molecule has 11 nitrogen and oxygen atoms in total. The number of hydrogen-bond donors (Lipinski definition) is 2. The van der Waals surface area contributed by atoms with E-state index in [4.69, 9.17) is 4.74 Å². The van der Waals surface area contributed by atoms with Gasteiger partial charge in [0.1, 0.15) is 18.6 Å². The summed E-state index contributed by atoms with van der Waals surface area (Å²) >= 11 is 0. The van der Waals surface area contributed by atoms with Gasteiger partial charge in [-0.1, -0.05) is 13.0 Å². The molecular formula is C25H29N7O4. The molecule has 0 spiro atoms. The molecule has 5 rings (SSSR count). The predicted molar refractivity (Wildman–Crippen MR) is 128 cm³/mol. The Labute approximate surface area is 208 Å². The lowest BCUT2D eigenvalue weighted by atomic mass is 9.81. The van der Waals surface area contributed by atoms with E-state index < -0.39 is 6.10 Å². The second-order valence-electron chi connectivity index (χ2n) is 9.89. The smallest absolute Gasteiger partial charge is 0.338 e. The number of fused-ring (bicyclic) bond motifs is 1. The summed E-state index contributed by atoms with van der Waals surface area (Å²) < 4.78 is 6.61. The third kappa shape index (κ3) is 4.84. The number of amides is 1. The van der Waals surface area contributed by atoms with Crippen LogP contribution < -0.4 is 5.32 Å². The van der Waals surface area contributed by atoms with Crippen molar-refractivity contribution < 1.29 is 19.4 Å². The third-order valence-electron chi connectivity index (χ3n) is 7.13. The molecule has 0 saturated carbocycles. The number of aliphatic hydroxyl groups is 1. The van der Waals surface area contributed by atoms with Crippen LogP contribution in [0.5, 0.6) is 0 Å². The van der Waals surface area contributed by atoms with Gasteiger partial charge in [-0.25, -0.2) is 9.78 Å². The number of tetrazole rings is 1. The number of cyclic esters (lactones) is 1. The van der Waals surface area contributed by atoms with Crippen molar-refractivity contribution in [3.63, 3.8) is 0 Å². The molecule has 188 valence electrons. The first-order valence-corrected chi connectivity index (χ1v) is 12.0. The fourth-order valence-electron chi connectivity index (χ4n) is 5.12. The van der Waals surface area contributed by atoms with E-state index in [1.165, 1.54) is 11.0 Å². The molecule has 2 aliphatic rings. The highest BCUT2D eigenvalue weighted by molar-refractivity contribution is 5.94. The molecule has 1 amide bonds. The summed E-state index contributed by atoms with van der Waals surface area (Å²) in [6.07, 6.45) is 4.29. The first-order chi connectivity index (χ1) is 17.3. The molecule has 36 heavy (non-hydrogen) atoms. The maximum absolute atomic E-state index is 12.7. The zero-order valence-electron chi connectivity index (χ0n) is 20.3. The summed E-state index contributed by atoms with van der Waals surface area (Å²) in [6, 6.07) is 6.96. The molecule has 1 fully saturated rings. The van der Waals surface area contributed by atoms with E-state index in [2.05, 4.69) is 37.6 Å².